The SMILES string of the molecule is CCCNC(C)C(C)c1nc(-c2cccc(Cl)c2)no1. The van der Waals surface area contributed by atoms with Crippen molar-refractivity contribution in [3.63, 3.8) is 0 Å². The third-order valence-electron chi connectivity index (χ3n) is 3.38. The summed E-state index contributed by atoms with van der Waals surface area (Å²) in [5, 5.41) is 8.15. The first-order chi connectivity index (χ1) is 9.61. The largest absolute Gasteiger partial charge is 0.339 e. The molecule has 20 heavy (non-hydrogen) atoms. The van der Waals surface area contributed by atoms with Gasteiger partial charge in [0, 0.05) is 16.6 Å². The molecule has 0 saturated carbocycles. The number of aromatic nitrogens is 2. The van der Waals surface area contributed by atoms with Crippen molar-refractivity contribution >= 4 is 11.6 Å². The number of hydrogen-bond acceptors (Lipinski definition) is 4. The van der Waals surface area contributed by atoms with Crippen LogP contribution in [0, 0.1) is 0 Å². The molecule has 2 aromatic rings. The molecular weight excluding hydrogens is 274 g/mol. The van der Waals surface area contributed by atoms with Crippen molar-refractivity contribution in [2.45, 2.75) is 39.2 Å². The molecule has 1 heterocycles. The number of rotatable bonds is 6. The molecule has 0 spiro atoms. The Morgan fingerprint density at radius 3 is 2.85 bits per heavy atom. The van der Waals surface area contributed by atoms with Gasteiger partial charge in [0.15, 0.2) is 0 Å². The van der Waals surface area contributed by atoms with Crippen LogP contribution in [-0.2, 0) is 0 Å². The summed E-state index contributed by atoms with van der Waals surface area (Å²) in [5.74, 6) is 1.40. The zero-order valence-corrected chi connectivity index (χ0v) is 12.8. The van der Waals surface area contributed by atoms with Crippen LogP contribution >= 0.6 is 11.6 Å². The molecule has 0 aliphatic carbocycles. The maximum Gasteiger partial charge on any atom is 0.231 e. The first-order valence-corrected chi connectivity index (χ1v) is 7.32. The first kappa shape index (κ1) is 15.0. The summed E-state index contributed by atoms with van der Waals surface area (Å²) >= 11 is 5.98. The van der Waals surface area contributed by atoms with E-state index in [9.17, 15) is 0 Å². The van der Waals surface area contributed by atoms with Crippen LogP contribution in [-0.4, -0.2) is 22.7 Å². The highest BCUT2D eigenvalue weighted by Gasteiger charge is 2.20. The molecule has 0 saturated heterocycles. The third kappa shape index (κ3) is 3.58. The van der Waals surface area contributed by atoms with Gasteiger partial charge in [0.25, 0.3) is 0 Å². The fourth-order valence-corrected chi connectivity index (χ4v) is 2.12. The summed E-state index contributed by atoms with van der Waals surface area (Å²) in [6.07, 6.45) is 1.11. The number of benzene rings is 1. The van der Waals surface area contributed by atoms with Crippen molar-refractivity contribution in [2.75, 3.05) is 6.54 Å². The number of halogens is 1. The van der Waals surface area contributed by atoms with Gasteiger partial charge in [0.2, 0.25) is 11.7 Å². The van der Waals surface area contributed by atoms with E-state index in [1.807, 2.05) is 24.3 Å². The van der Waals surface area contributed by atoms with Gasteiger partial charge in [-0.3, -0.25) is 0 Å². The minimum absolute atomic E-state index is 0.169. The highest BCUT2D eigenvalue weighted by molar-refractivity contribution is 6.30. The van der Waals surface area contributed by atoms with E-state index < -0.39 is 0 Å². The number of nitrogens with zero attached hydrogens (tertiary/aromatic N) is 2. The van der Waals surface area contributed by atoms with Gasteiger partial charge >= 0.3 is 0 Å². The van der Waals surface area contributed by atoms with Gasteiger partial charge < -0.3 is 9.84 Å². The lowest BCUT2D eigenvalue weighted by molar-refractivity contribution is 0.331. The molecule has 2 rings (SSSR count). The molecule has 4 nitrogen and oxygen atoms in total. The second-order valence-corrected chi connectivity index (χ2v) is 5.43. The Labute approximate surface area is 124 Å². The van der Waals surface area contributed by atoms with Crippen molar-refractivity contribution in [1.29, 1.82) is 0 Å². The molecule has 108 valence electrons. The fraction of sp³-hybridized carbons (Fsp3) is 0.467. The van der Waals surface area contributed by atoms with Crippen molar-refractivity contribution in [3.8, 4) is 11.4 Å². The van der Waals surface area contributed by atoms with Crippen molar-refractivity contribution < 1.29 is 4.52 Å². The highest BCUT2D eigenvalue weighted by atomic mass is 35.5. The van der Waals surface area contributed by atoms with Gasteiger partial charge in [0.05, 0.1) is 5.92 Å². The Morgan fingerprint density at radius 1 is 1.35 bits per heavy atom. The maximum absolute atomic E-state index is 5.98. The minimum Gasteiger partial charge on any atom is -0.339 e. The zero-order valence-electron chi connectivity index (χ0n) is 12.1. The summed E-state index contributed by atoms with van der Waals surface area (Å²) < 4.78 is 5.38. The normalized spacial score (nSPS) is 14.2. The Kier molecular flexibility index (Phi) is 5.15. The van der Waals surface area contributed by atoms with Crippen LogP contribution in [0.25, 0.3) is 11.4 Å². The second kappa shape index (κ2) is 6.86. The van der Waals surface area contributed by atoms with Crippen LogP contribution in [0.4, 0.5) is 0 Å². The van der Waals surface area contributed by atoms with Gasteiger partial charge in [0.1, 0.15) is 0 Å². The average molecular weight is 294 g/mol. The monoisotopic (exact) mass is 293 g/mol. The lowest BCUT2D eigenvalue weighted by atomic mass is 10.0. The summed E-state index contributed by atoms with van der Waals surface area (Å²) in [4.78, 5) is 4.47. The Balaban J connectivity index is 2.12. The molecule has 1 aromatic heterocycles. The molecule has 0 aliphatic rings. The van der Waals surface area contributed by atoms with E-state index in [0.717, 1.165) is 18.5 Å². The molecule has 0 radical (unpaired) electrons. The quantitative estimate of drug-likeness (QED) is 0.878. The number of nitrogens with one attached hydrogen (secondary N) is 1. The Bertz CT molecular complexity index is 556. The van der Waals surface area contributed by atoms with E-state index in [4.69, 9.17) is 16.1 Å². The summed E-state index contributed by atoms with van der Waals surface area (Å²) in [7, 11) is 0. The van der Waals surface area contributed by atoms with Gasteiger partial charge in [-0.05, 0) is 32.0 Å². The molecule has 1 N–H and O–H groups in total. The molecule has 2 unspecified atom stereocenters. The van der Waals surface area contributed by atoms with Gasteiger partial charge in [-0.2, -0.15) is 4.98 Å². The van der Waals surface area contributed by atoms with Crippen molar-refractivity contribution in [1.82, 2.24) is 15.5 Å². The van der Waals surface area contributed by atoms with Crippen molar-refractivity contribution in [3.05, 3.63) is 35.2 Å². The molecule has 0 aliphatic heterocycles. The topological polar surface area (TPSA) is 51.0 Å². The molecular formula is C15H20ClN3O. The average Bonchev–Trinajstić information content (AvgIpc) is 2.93. The van der Waals surface area contributed by atoms with E-state index in [1.54, 1.807) is 0 Å². The van der Waals surface area contributed by atoms with E-state index in [-0.39, 0.29) is 5.92 Å². The Hall–Kier alpha value is -1.39. The molecule has 0 amide bonds. The van der Waals surface area contributed by atoms with Crippen LogP contribution in [0.5, 0.6) is 0 Å². The van der Waals surface area contributed by atoms with E-state index >= 15 is 0 Å². The fourth-order valence-electron chi connectivity index (χ4n) is 1.93. The second-order valence-electron chi connectivity index (χ2n) is 5.00. The molecule has 5 heteroatoms. The molecule has 0 fully saturated rings. The molecule has 0 bridgehead atoms. The van der Waals surface area contributed by atoms with Crippen LogP contribution in [0.15, 0.2) is 28.8 Å². The van der Waals surface area contributed by atoms with E-state index in [1.165, 1.54) is 0 Å². The van der Waals surface area contributed by atoms with Crippen LogP contribution in [0.3, 0.4) is 0 Å². The maximum atomic E-state index is 5.98. The van der Waals surface area contributed by atoms with Crippen LogP contribution in [0.2, 0.25) is 5.02 Å². The molecule has 2 atom stereocenters. The van der Waals surface area contributed by atoms with Crippen LogP contribution in [0.1, 0.15) is 39.0 Å². The standard InChI is InChI=1S/C15H20ClN3O/c1-4-8-17-11(3)10(2)15-18-14(19-20-15)12-6-5-7-13(16)9-12/h5-7,9-11,17H,4,8H2,1-3H3. The molecule has 1 aromatic carbocycles. The first-order valence-electron chi connectivity index (χ1n) is 6.94. The van der Waals surface area contributed by atoms with Crippen LogP contribution < -0.4 is 5.32 Å². The summed E-state index contributed by atoms with van der Waals surface area (Å²) in [6, 6.07) is 7.75. The predicted octanol–water partition coefficient (Wildman–Crippen LogP) is 3.88. The smallest absolute Gasteiger partial charge is 0.231 e. The number of hydrogen-bond donors (Lipinski definition) is 1. The van der Waals surface area contributed by atoms with Crippen molar-refractivity contribution in [2.24, 2.45) is 0 Å². The van der Waals surface area contributed by atoms with Gasteiger partial charge in [-0.25, -0.2) is 0 Å². The predicted molar refractivity (Wildman–Crippen MR) is 80.9 cm³/mol. The van der Waals surface area contributed by atoms with Gasteiger partial charge in [-0.1, -0.05) is 42.7 Å². The van der Waals surface area contributed by atoms with E-state index in [0.29, 0.717) is 22.8 Å². The summed E-state index contributed by atoms with van der Waals surface area (Å²) in [6.45, 7) is 7.35. The Morgan fingerprint density at radius 2 is 2.15 bits per heavy atom. The minimum atomic E-state index is 0.169. The zero-order chi connectivity index (χ0) is 14.5. The lowest BCUT2D eigenvalue weighted by Gasteiger charge is -2.17. The van der Waals surface area contributed by atoms with Gasteiger partial charge in [-0.15, -0.1) is 0 Å². The van der Waals surface area contributed by atoms with E-state index in [2.05, 4.69) is 36.2 Å². The third-order valence-corrected chi connectivity index (χ3v) is 3.62. The lowest BCUT2D eigenvalue weighted by Crippen LogP contribution is -2.31. The highest BCUT2D eigenvalue weighted by Crippen LogP contribution is 2.23. The summed E-state index contributed by atoms with van der Waals surface area (Å²) in [5.41, 5.74) is 0.869.